The lowest BCUT2D eigenvalue weighted by molar-refractivity contribution is -0.111. The number of carbonyl (C=O) groups excluding carboxylic acids is 2. The first-order valence-electron chi connectivity index (χ1n) is 4.02. The van der Waals surface area contributed by atoms with E-state index in [4.69, 9.17) is 5.21 Å². The Balaban J connectivity index is 2.64. The zero-order chi connectivity index (χ0) is 10.4. The summed E-state index contributed by atoms with van der Waals surface area (Å²) in [6.45, 7) is 0. The smallest absolute Gasteiger partial charge is 0.184 e. The van der Waals surface area contributed by atoms with Gasteiger partial charge in [-0.05, 0) is 0 Å². The van der Waals surface area contributed by atoms with Crippen LogP contribution in [-0.4, -0.2) is 23.0 Å². The highest BCUT2D eigenvalue weighted by Crippen LogP contribution is 2.02. The van der Waals surface area contributed by atoms with E-state index in [-0.39, 0.29) is 12.2 Å². The molecule has 0 bridgehead atoms. The highest BCUT2D eigenvalue weighted by atomic mass is 16.4. The fourth-order valence-electron chi connectivity index (χ4n) is 0.994. The molecule has 0 saturated carbocycles. The summed E-state index contributed by atoms with van der Waals surface area (Å²) in [5, 5.41) is 10.6. The first kappa shape index (κ1) is 10.1. The molecule has 4 heteroatoms. The van der Waals surface area contributed by atoms with Crippen LogP contribution in [0.15, 0.2) is 35.5 Å². The van der Waals surface area contributed by atoms with Gasteiger partial charge in [0.25, 0.3) is 0 Å². The van der Waals surface area contributed by atoms with Crippen molar-refractivity contribution < 1.29 is 14.8 Å². The van der Waals surface area contributed by atoms with E-state index in [1.807, 2.05) is 0 Å². The quantitative estimate of drug-likeness (QED) is 0.256. The molecule has 4 nitrogen and oxygen atoms in total. The van der Waals surface area contributed by atoms with Crippen molar-refractivity contribution in [2.45, 2.75) is 6.42 Å². The van der Waals surface area contributed by atoms with Gasteiger partial charge < -0.3 is 5.21 Å². The van der Waals surface area contributed by atoms with E-state index in [1.165, 1.54) is 0 Å². The van der Waals surface area contributed by atoms with Gasteiger partial charge in [0, 0.05) is 5.56 Å². The number of hydrogen-bond donors (Lipinski definition) is 1. The molecule has 0 spiro atoms. The third-order valence-corrected chi connectivity index (χ3v) is 1.63. The van der Waals surface area contributed by atoms with Crippen LogP contribution in [0.4, 0.5) is 0 Å². The zero-order valence-corrected chi connectivity index (χ0v) is 7.38. The molecule has 1 aromatic carbocycles. The highest BCUT2D eigenvalue weighted by Gasteiger charge is 2.09. The molecule has 1 aromatic rings. The van der Waals surface area contributed by atoms with Crippen LogP contribution in [0.1, 0.15) is 16.8 Å². The van der Waals surface area contributed by atoms with Crippen molar-refractivity contribution in [3.8, 4) is 0 Å². The Morgan fingerprint density at radius 3 is 2.50 bits per heavy atom. The summed E-state index contributed by atoms with van der Waals surface area (Å²) in [6, 6.07) is 8.49. The van der Waals surface area contributed by atoms with Crippen LogP contribution in [0, 0.1) is 0 Å². The second kappa shape index (κ2) is 4.91. The molecular weight excluding hydrogens is 182 g/mol. The Bertz CT molecular complexity index is 357. The molecule has 72 valence electrons. The van der Waals surface area contributed by atoms with Crippen LogP contribution < -0.4 is 0 Å². The van der Waals surface area contributed by atoms with Crippen molar-refractivity contribution >= 4 is 17.8 Å². The molecule has 0 radical (unpaired) electrons. The Hall–Kier alpha value is -1.97. The zero-order valence-electron chi connectivity index (χ0n) is 7.38. The number of hydrogen-bond acceptors (Lipinski definition) is 4. The largest absolute Gasteiger partial charge is 0.411 e. The minimum atomic E-state index is -0.513. The molecule has 0 unspecified atom stereocenters. The Morgan fingerprint density at radius 1 is 1.29 bits per heavy atom. The minimum Gasteiger partial charge on any atom is -0.411 e. The topological polar surface area (TPSA) is 66.7 Å². The maximum atomic E-state index is 11.4. The van der Waals surface area contributed by atoms with E-state index in [0.29, 0.717) is 5.56 Å². The third kappa shape index (κ3) is 2.82. The van der Waals surface area contributed by atoms with E-state index in [1.54, 1.807) is 30.3 Å². The van der Waals surface area contributed by atoms with E-state index >= 15 is 0 Å². The molecule has 0 atom stereocenters. The number of carbonyl (C=O) groups is 2. The van der Waals surface area contributed by atoms with Gasteiger partial charge in [0.05, 0.1) is 6.42 Å². The van der Waals surface area contributed by atoms with Crippen molar-refractivity contribution in [1.29, 1.82) is 0 Å². The monoisotopic (exact) mass is 191 g/mol. The van der Waals surface area contributed by atoms with E-state index in [2.05, 4.69) is 5.16 Å². The van der Waals surface area contributed by atoms with Crippen LogP contribution in [0.5, 0.6) is 0 Å². The normalized spacial score (nSPS) is 10.3. The number of oxime groups is 1. The van der Waals surface area contributed by atoms with Gasteiger partial charge in [-0.2, -0.15) is 0 Å². The molecule has 0 fully saturated rings. The maximum absolute atomic E-state index is 11.4. The number of benzene rings is 1. The molecule has 0 aliphatic rings. The fourth-order valence-corrected chi connectivity index (χ4v) is 0.994. The maximum Gasteiger partial charge on any atom is 0.184 e. The van der Waals surface area contributed by atoms with Crippen LogP contribution >= 0.6 is 0 Å². The summed E-state index contributed by atoms with van der Waals surface area (Å²) in [7, 11) is 0. The summed E-state index contributed by atoms with van der Waals surface area (Å²) in [4.78, 5) is 22.3. The van der Waals surface area contributed by atoms with E-state index in [0.717, 1.165) is 6.21 Å². The summed E-state index contributed by atoms with van der Waals surface area (Å²) in [5.41, 5.74) is 0.479. The molecule has 0 aliphatic heterocycles. The first-order chi connectivity index (χ1) is 6.74. The molecule has 0 amide bonds. The van der Waals surface area contributed by atoms with Crippen molar-refractivity contribution in [2.24, 2.45) is 5.16 Å². The van der Waals surface area contributed by atoms with Crippen LogP contribution in [0.2, 0.25) is 0 Å². The summed E-state index contributed by atoms with van der Waals surface area (Å²) >= 11 is 0. The number of nitrogens with zero attached hydrogens (tertiary/aromatic N) is 1. The van der Waals surface area contributed by atoms with E-state index < -0.39 is 5.78 Å². The summed E-state index contributed by atoms with van der Waals surface area (Å²) < 4.78 is 0. The molecule has 0 aromatic heterocycles. The third-order valence-electron chi connectivity index (χ3n) is 1.63. The Kier molecular flexibility index (Phi) is 3.55. The van der Waals surface area contributed by atoms with Gasteiger partial charge >= 0.3 is 0 Å². The second-order valence-corrected chi connectivity index (χ2v) is 2.68. The van der Waals surface area contributed by atoms with Crippen molar-refractivity contribution in [2.75, 3.05) is 0 Å². The van der Waals surface area contributed by atoms with E-state index in [9.17, 15) is 9.59 Å². The van der Waals surface area contributed by atoms with Crippen molar-refractivity contribution in [1.82, 2.24) is 0 Å². The van der Waals surface area contributed by atoms with Gasteiger partial charge in [0.1, 0.15) is 6.21 Å². The Labute approximate surface area is 80.9 Å². The molecule has 1 rings (SSSR count). The Morgan fingerprint density at radius 2 is 1.93 bits per heavy atom. The van der Waals surface area contributed by atoms with Gasteiger partial charge in [-0.3, -0.25) is 9.59 Å². The van der Waals surface area contributed by atoms with Crippen molar-refractivity contribution in [3.05, 3.63) is 35.9 Å². The standard InChI is InChI=1S/C10H9NO3/c12-9(7-11-14)6-10(13)8-4-2-1-3-5-8/h1-5,7,14H,6H2. The average Bonchev–Trinajstić information content (AvgIpc) is 2.19. The summed E-state index contributed by atoms with van der Waals surface area (Å²) in [5.74, 6) is -0.795. The number of ketones is 2. The SMILES string of the molecule is O=C(C=NO)CC(=O)c1ccccc1. The van der Waals surface area contributed by atoms with Gasteiger partial charge in [-0.25, -0.2) is 0 Å². The second-order valence-electron chi connectivity index (χ2n) is 2.68. The van der Waals surface area contributed by atoms with Crippen LogP contribution in [0.3, 0.4) is 0 Å². The molecule has 1 N–H and O–H groups in total. The lowest BCUT2D eigenvalue weighted by Crippen LogP contribution is -2.08. The van der Waals surface area contributed by atoms with Gasteiger partial charge in [-0.15, -0.1) is 0 Å². The predicted octanol–water partition coefficient (Wildman–Crippen LogP) is 1.29. The van der Waals surface area contributed by atoms with Gasteiger partial charge in [0.2, 0.25) is 0 Å². The molecule has 0 saturated heterocycles. The van der Waals surface area contributed by atoms with Gasteiger partial charge in [-0.1, -0.05) is 35.5 Å². The molecule has 0 aliphatic carbocycles. The highest BCUT2D eigenvalue weighted by molar-refractivity contribution is 6.32. The summed E-state index contributed by atoms with van der Waals surface area (Å²) in [6.07, 6.45) is 0.453. The lowest BCUT2D eigenvalue weighted by atomic mass is 10.1. The molecule has 0 heterocycles. The average molecular weight is 191 g/mol. The molecular formula is C10H9NO3. The van der Waals surface area contributed by atoms with Crippen LogP contribution in [0.25, 0.3) is 0 Å². The van der Waals surface area contributed by atoms with Gasteiger partial charge in [0.15, 0.2) is 11.6 Å². The number of rotatable bonds is 4. The first-order valence-corrected chi connectivity index (χ1v) is 4.02. The predicted molar refractivity (Wildman–Crippen MR) is 50.7 cm³/mol. The van der Waals surface area contributed by atoms with Crippen molar-refractivity contribution in [3.63, 3.8) is 0 Å². The molecule has 14 heavy (non-hydrogen) atoms. The lowest BCUT2D eigenvalue weighted by Gasteiger charge is -1.96. The minimum absolute atomic E-state index is 0.270. The fraction of sp³-hybridized carbons (Fsp3) is 0.100. The number of Topliss-reactive ketones (excluding diaryl/α,β-unsaturated/α-hetero) is 2. The van der Waals surface area contributed by atoms with Crippen LogP contribution in [-0.2, 0) is 4.79 Å².